The van der Waals surface area contributed by atoms with Gasteiger partial charge >= 0.3 is 0 Å². The average molecular weight is 280 g/mol. The van der Waals surface area contributed by atoms with Gasteiger partial charge in [0.15, 0.2) is 0 Å². The van der Waals surface area contributed by atoms with Gasteiger partial charge in [0.1, 0.15) is 11.6 Å². The van der Waals surface area contributed by atoms with Crippen LogP contribution in [-0.2, 0) is 0 Å². The maximum absolute atomic E-state index is 12.7. The molecule has 4 heteroatoms. The van der Waals surface area contributed by atoms with Crippen LogP contribution in [0.25, 0.3) is 0 Å². The van der Waals surface area contributed by atoms with Gasteiger partial charge in [0.05, 0.1) is 6.61 Å². The Balaban J connectivity index is 1.55. The first kappa shape index (κ1) is 15.3. The van der Waals surface area contributed by atoms with Crippen LogP contribution in [0.4, 0.5) is 4.39 Å². The van der Waals surface area contributed by atoms with Gasteiger partial charge in [0, 0.05) is 6.04 Å². The Bertz CT molecular complexity index is 377. The van der Waals surface area contributed by atoms with Crippen LogP contribution in [-0.4, -0.2) is 44.2 Å². The van der Waals surface area contributed by atoms with Crippen LogP contribution in [0, 0.1) is 5.82 Å². The summed E-state index contributed by atoms with van der Waals surface area (Å²) in [6, 6.07) is 6.95. The van der Waals surface area contributed by atoms with Gasteiger partial charge in [-0.25, -0.2) is 4.39 Å². The van der Waals surface area contributed by atoms with Crippen molar-refractivity contribution >= 4 is 0 Å². The van der Waals surface area contributed by atoms with E-state index in [2.05, 4.69) is 17.3 Å². The summed E-state index contributed by atoms with van der Waals surface area (Å²) in [5.41, 5.74) is 0. The lowest BCUT2D eigenvalue weighted by molar-refractivity contribution is 0.190. The normalized spacial score (nSPS) is 16.6. The average Bonchev–Trinajstić information content (AvgIpc) is 2.49. The monoisotopic (exact) mass is 280 g/mol. The third-order valence-corrected chi connectivity index (χ3v) is 3.92. The number of unbranched alkanes of at least 4 members (excludes halogenated alkanes) is 1. The molecular formula is C16H25FN2O. The van der Waals surface area contributed by atoms with E-state index in [1.165, 1.54) is 25.0 Å². The molecule has 1 N–H and O–H groups in total. The van der Waals surface area contributed by atoms with Gasteiger partial charge in [0.2, 0.25) is 0 Å². The Morgan fingerprint density at radius 2 is 1.90 bits per heavy atom. The van der Waals surface area contributed by atoms with E-state index in [9.17, 15) is 4.39 Å². The Labute approximate surface area is 121 Å². The molecule has 1 heterocycles. The summed E-state index contributed by atoms with van der Waals surface area (Å²) >= 11 is 0. The van der Waals surface area contributed by atoms with Crippen molar-refractivity contribution in [3.8, 4) is 5.75 Å². The molecule has 112 valence electrons. The number of halogens is 1. The molecule has 1 aliphatic rings. The topological polar surface area (TPSA) is 24.5 Å². The van der Waals surface area contributed by atoms with E-state index in [0.717, 1.165) is 44.3 Å². The highest BCUT2D eigenvalue weighted by atomic mass is 19.1. The van der Waals surface area contributed by atoms with E-state index < -0.39 is 0 Å². The first-order chi connectivity index (χ1) is 9.75. The number of hydrogen-bond acceptors (Lipinski definition) is 3. The van der Waals surface area contributed by atoms with Gasteiger partial charge in [-0.2, -0.15) is 0 Å². The number of ether oxygens (including phenoxy) is 1. The summed E-state index contributed by atoms with van der Waals surface area (Å²) in [4.78, 5) is 2.47. The predicted molar refractivity (Wildman–Crippen MR) is 79.7 cm³/mol. The van der Waals surface area contributed by atoms with Gasteiger partial charge in [-0.3, -0.25) is 0 Å². The molecule has 3 nitrogen and oxygen atoms in total. The van der Waals surface area contributed by atoms with E-state index >= 15 is 0 Å². The summed E-state index contributed by atoms with van der Waals surface area (Å²) in [6.07, 6.45) is 4.68. The zero-order valence-corrected chi connectivity index (χ0v) is 12.3. The molecule has 0 unspecified atom stereocenters. The third-order valence-electron chi connectivity index (χ3n) is 3.92. The summed E-state index contributed by atoms with van der Waals surface area (Å²) in [6.45, 7) is 4.11. The zero-order chi connectivity index (χ0) is 14.2. The van der Waals surface area contributed by atoms with Crippen LogP contribution in [0.5, 0.6) is 5.75 Å². The molecule has 0 radical (unpaired) electrons. The van der Waals surface area contributed by atoms with Crippen molar-refractivity contribution in [3.05, 3.63) is 30.1 Å². The number of rotatable bonds is 7. The van der Waals surface area contributed by atoms with Gasteiger partial charge < -0.3 is 15.0 Å². The first-order valence-electron chi connectivity index (χ1n) is 7.55. The molecule has 0 bridgehead atoms. The highest BCUT2D eigenvalue weighted by Crippen LogP contribution is 2.13. The molecular weight excluding hydrogens is 255 g/mol. The van der Waals surface area contributed by atoms with Crippen LogP contribution < -0.4 is 10.1 Å². The molecule has 0 saturated carbocycles. The van der Waals surface area contributed by atoms with Gasteiger partial charge in [0.25, 0.3) is 0 Å². The lowest BCUT2D eigenvalue weighted by atomic mass is 10.1. The lowest BCUT2D eigenvalue weighted by Gasteiger charge is -2.31. The predicted octanol–water partition coefficient (Wildman–Crippen LogP) is 2.67. The molecule has 0 spiro atoms. The fourth-order valence-corrected chi connectivity index (χ4v) is 2.61. The maximum atomic E-state index is 12.7. The molecule has 2 rings (SSSR count). The van der Waals surface area contributed by atoms with E-state index in [1.807, 2.05) is 0 Å². The van der Waals surface area contributed by atoms with Gasteiger partial charge in [-0.1, -0.05) is 0 Å². The first-order valence-corrected chi connectivity index (χ1v) is 7.55. The zero-order valence-electron chi connectivity index (χ0n) is 12.3. The lowest BCUT2D eigenvalue weighted by Crippen LogP contribution is -2.41. The van der Waals surface area contributed by atoms with E-state index in [4.69, 9.17) is 4.74 Å². The van der Waals surface area contributed by atoms with E-state index in [1.54, 1.807) is 12.1 Å². The van der Waals surface area contributed by atoms with Gasteiger partial charge in [-0.15, -0.1) is 0 Å². The molecule has 1 aromatic rings. The standard InChI is InChI=1S/C16H25FN2O/c1-19(15-8-10-18-11-9-15)12-2-3-13-20-16-6-4-14(17)5-7-16/h4-7,15,18H,2-3,8-13H2,1H3. The molecule has 1 fully saturated rings. The summed E-state index contributed by atoms with van der Waals surface area (Å²) in [7, 11) is 2.22. The fourth-order valence-electron chi connectivity index (χ4n) is 2.61. The van der Waals surface area contributed by atoms with Crippen molar-refractivity contribution < 1.29 is 9.13 Å². The highest BCUT2D eigenvalue weighted by molar-refractivity contribution is 5.21. The molecule has 0 atom stereocenters. The Morgan fingerprint density at radius 1 is 1.20 bits per heavy atom. The molecule has 1 aromatic carbocycles. The molecule has 1 saturated heterocycles. The minimum Gasteiger partial charge on any atom is -0.494 e. The van der Waals surface area contributed by atoms with Crippen molar-refractivity contribution in [1.82, 2.24) is 10.2 Å². The number of nitrogens with zero attached hydrogens (tertiary/aromatic N) is 1. The summed E-state index contributed by atoms with van der Waals surface area (Å²) in [5, 5.41) is 3.39. The molecule has 0 amide bonds. The van der Waals surface area contributed by atoms with Crippen LogP contribution in [0.3, 0.4) is 0 Å². The largest absolute Gasteiger partial charge is 0.494 e. The number of hydrogen-bond donors (Lipinski definition) is 1. The maximum Gasteiger partial charge on any atom is 0.123 e. The van der Waals surface area contributed by atoms with Crippen LogP contribution >= 0.6 is 0 Å². The van der Waals surface area contributed by atoms with E-state index in [0.29, 0.717) is 6.61 Å². The van der Waals surface area contributed by atoms with Crippen molar-refractivity contribution in [2.45, 2.75) is 31.7 Å². The van der Waals surface area contributed by atoms with Crippen molar-refractivity contribution in [1.29, 1.82) is 0 Å². The van der Waals surface area contributed by atoms with Crippen molar-refractivity contribution in [2.75, 3.05) is 33.3 Å². The second-order valence-electron chi connectivity index (χ2n) is 5.47. The molecule has 20 heavy (non-hydrogen) atoms. The summed E-state index contributed by atoms with van der Waals surface area (Å²) in [5.74, 6) is 0.527. The van der Waals surface area contributed by atoms with Crippen molar-refractivity contribution in [2.24, 2.45) is 0 Å². The Kier molecular flexibility index (Phi) is 6.27. The minimum atomic E-state index is -0.221. The Morgan fingerprint density at radius 3 is 2.60 bits per heavy atom. The Hall–Kier alpha value is -1.13. The van der Waals surface area contributed by atoms with Gasteiger partial charge in [-0.05, 0) is 76.6 Å². The number of nitrogens with one attached hydrogen (secondary N) is 1. The molecule has 1 aliphatic heterocycles. The van der Waals surface area contributed by atoms with Crippen LogP contribution in [0.1, 0.15) is 25.7 Å². The molecule has 0 aromatic heterocycles. The summed E-state index contributed by atoms with van der Waals surface area (Å²) < 4.78 is 18.3. The van der Waals surface area contributed by atoms with Crippen LogP contribution in [0.15, 0.2) is 24.3 Å². The second kappa shape index (κ2) is 8.22. The SMILES string of the molecule is CN(CCCCOc1ccc(F)cc1)C1CCNCC1. The smallest absolute Gasteiger partial charge is 0.123 e. The van der Waals surface area contributed by atoms with Crippen molar-refractivity contribution in [3.63, 3.8) is 0 Å². The number of piperidine rings is 1. The minimum absolute atomic E-state index is 0.221. The van der Waals surface area contributed by atoms with Crippen LogP contribution in [0.2, 0.25) is 0 Å². The number of benzene rings is 1. The van der Waals surface area contributed by atoms with E-state index in [-0.39, 0.29) is 5.82 Å². The second-order valence-corrected chi connectivity index (χ2v) is 5.47. The fraction of sp³-hybridized carbons (Fsp3) is 0.625. The molecule has 0 aliphatic carbocycles. The quantitative estimate of drug-likeness (QED) is 0.777. The highest BCUT2D eigenvalue weighted by Gasteiger charge is 2.16. The third kappa shape index (κ3) is 5.10.